The molecule has 0 atom stereocenters. The minimum absolute atomic E-state index is 0.0533. The first-order valence-corrected chi connectivity index (χ1v) is 6.94. The van der Waals surface area contributed by atoms with E-state index in [0.717, 1.165) is 5.56 Å². The van der Waals surface area contributed by atoms with Gasteiger partial charge < -0.3 is 19.9 Å². The van der Waals surface area contributed by atoms with Crippen molar-refractivity contribution in [3.8, 4) is 11.5 Å². The van der Waals surface area contributed by atoms with Crippen molar-refractivity contribution in [2.75, 3.05) is 13.7 Å². The molecule has 0 heterocycles. The van der Waals surface area contributed by atoms with E-state index in [1.54, 1.807) is 7.11 Å². The van der Waals surface area contributed by atoms with E-state index < -0.39 is 11.9 Å². The van der Waals surface area contributed by atoms with Gasteiger partial charge in [0.1, 0.15) is 11.5 Å². The van der Waals surface area contributed by atoms with E-state index in [-0.39, 0.29) is 17.9 Å². The summed E-state index contributed by atoms with van der Waals surface area (Å²) in [7, 11) is 1.57. The number of amides is 1. The number of ether oxygens (including phenoxy) is 2. The number of hydrogen-bond acceptors (Lipinski definition) is 5. The number of benzene rings is 2. The molecule has 2 rings (SSSR count). The second kappa shape index (κ2) is 7.84. The van der Waals surface area contributed by atoms with Gasteiger partial charge in [-0.3, -0.25) is 4.79 Å². The van der Waals surface area contributed by atoms with Crippen LogP contribution in [0.1, 0.15) is 15.9 Å². The molecule has 0 aliphatic heterocycles. The van der Waals surface area contributed by atoms with Crippen molar-refractivity contribution in [1.29, 1.82) is 0 Å². The topological polar surface area (TPSA) is 84.9 Å². The van der Waals surface area contributed by atoms with Crippen LogP contribution in [0, 0.1) is 0 Å². The summed E-state index contributed by atoms with van der Waals surface area (Å²) >= 11 is 0. The van der Waals surface area contributed by atoms with Crippen LogP contribution in [-0.4, -0.2) is 30.7 Å². The van der Waals surface area contributed by atoms with Gasteiger partial charge >= 0.3 is 5.97 Å². The van der Waals surface area contributed by atoms with E-state index in [1.807, 2.05) is 24.3 Å². The maximum absolute atomic E-state index is 11.7. The molecule has 0 aromatic heterocycles. The van der Waals surface area contributed by atoms with Crippen LogP contribution in [0.4, 0.5) is 0 Å². The third kappa shape index (κ3) is 5.03. The molecule has 0 fully saturated rings. The lowest BCUT2D eigenvalue weighted by Crippen LogP contribution is -2.28. The van der Waals surface area contributed by atoms with E-state index in [0.29, 0.717) is 12.3 Å². The summed E-state index contributed by atoms with van der Waals surface area (Å²) in [5.41, 5.74) is 1.14. The number of rotatable bonds is 6. The van der Waals surface area contributed by atoms with Crippen LogP contribution < -0.4 is 10.1 Å². The van der Waals surface area contributed by atoms with Gasteiger partial charge in [0.2, 0.25) is 0 Å². The molecule has 0 saturated carbocycles. The number of methoxy groups -OCH3 is 1. The molecule has 2 aromatic carbocycles. The second-order valence-corrected chi connectivity index (χ2v) is 4.75. The molecule has 120 valence electrons. The van der Waals surface area contributed by atoms with Crippen molar-refractivity contribution in [2.24, 2.45) is 0 Å². The zero-order chi connectivity index (χ0) is 16.7. The lowest BCUT2D eigenvalue weighted by molar-refractivity contribution is -0.124. The number of phenols is 1. The Hall–Kier alpha value is -3.02. The number of carbonyl (C=O) groups excluding carboxylic acids is 2. The van der Waals surface area contributed by atoms with Crippen LogP contribution >= 0.6 is 0 Å². The highest BCUT2D eigenvalue weighted by molar-refractivity contribution is 5.91. The molecule has 23 heavy (non-hydrogen) atoms. The fourth-order valence-electron chi connectivity index (χ4n) is 1.85. The van der Waals surface area contributed by atoms with Crippen LogP contribution in [0.25, 0.3) is 0 Å². The molecule has 1 amide bonds. The number of hydrogen-bond donors (Lipinski definition) is 2. The zero-order valence-corrected chi connectivity index (χ0v) is 12.6. The Kier molecular flexibility index (Phi) is 5.57. The van der Waals surface area contributed by atoms with Gasteiger partial charge in [0.15, 0.2) is 6.61 Å². The molecule has 0 unspecified atom stereocenters. The third-order valence-electron chi connectivity index (χ3n) is 3.06. The highest BCUT2D eigenvalue weighted by Gasteiger charge is 2.10. The fraction of sp³-hybridized carbons (Fsp3) is 0.176. The summed E-state index contributed by atoms with van der Waals surface area (Å²) in [5, 5.41) is 11.8. The van der Waals surface area contributed by atoms with Gasteiger partial charge in [-0.15, -0.1) is 0 Å². The molecule has 0 aliphatic rings. The lowest BCUT2D eigenvalue weighted by Gasteiger charge is -2.08. The van der Waals surface area contributed by atoms with Crippen LogP contribution in [0.2, 0.25) is 0 Å². The summed E-state index contributed by atoms with van der Waals surface area (Å²) in [6.07, 6.45) is 0. The summed E-state index contributed by atoms with van der Waals surface area (Å²) in [6, 6.07) is 12.9. The van der Waals surface area contributed by atoms with Crippen molar-refractivity contribution < 1.29 is 24.2 Å². The van der Waals surface area contributed by atoms with Gasteiger partial charge in [-0.2, -0.15) is 0 Å². The average Bonchev–Trinajstić information content (AvgIpc) is 2.58. The summed E-state index contributed by atoms with van der Waals surface area (Å²) in [5.74, 6) is -0.269. The summed E-state index contributed by atoms with van der Waals surface area (Å²) < 4.78 is 10.0. The molecular weight excluding hydrogens is 298 g/mol. The monoisotopic (exact) mass is 315 g/mol. The molecule has 2 aromatic rings. The van der Waals surface area contributed by atoms with Crippen LogP contribution in [0.5, 0.6) is 11.5 Å². The summed E-state index contributed by atoms with van der Waals surface area (Å²) in [4.78, 5) is 23.4. The Bertz CT molecular complexity index is 682. The van der Waals surface area contributed by atoms with Gasteiger partial charge in [-0.05, 0) is 42.0 Å². The normalized spacial score (nSPS) is 9.96. The maximum Gasteiger partial charge on any atom is 0.338 e. The Morgan fingerprint density at radius 3 is 2.57 bits per heavy atom. The van der Waals surface area contributed by atoms with Gasteiger partial charge in [0.05, 0.1) is 12.7 Å². The van der Waals surface area contributed by atoms with Gasteiger partial charge in [-0.1, -0.05) is 12.1 Å². The van der Waals surface area contributed by atoms with Crippen molar-refractivity contribution in [1.82, 2.24) is 5.32 Å². The van der Waals surface area contributed by atoms with Crippen LogP contribution in [-0.2, 0) is 16.1 Å². The van der Waals surface area contributed by atoms with Gasteiger partial charge in [0.25, 0.3) is 5.91 Å². The van der Waals surface area contributed by atoms with Crippen molar-refractivity contribution in [3.05, 3.63) is 59.7 Å². The van der Waals surface area contributed by atoms with Crippen molar-refractivity contribution >= 4 is 11.9 Å². The van der Waals surface area contributed by atoms with E-state index in [2.05, 4.69) is 5.32 Å². The first-order valence-electron chi connectivity index (χ1n) is 6.94. The Morgan fingerprint density at radius 2 is 1.87 bits per heavy atom. The average molecular weight is 315 g/mol. The smallest absolute Gasteiger partial charge is 0.338 e. The molecule has 0 bridgehead atoms. The molecule has 0 saturated heterocycles. The standard InChI is InChI=1S/C17H17NO5/c1-22-15-4-2-3-12(9-15)10-18-16(20)11-23-17(21)13-5-7-14(19)8-6-13/h2-9,19H,10-11H2,1H3,(H,18,20). The number of aromatic hydroxyl groups is 1. The van der Waals surface area contributed by atoms with Crippen LogP contribution in [0.3, 0.4) is 0 Å². The fourth-order valence-corrected chi connectivity index (χ4v) is 1.85. The number of nitrogens with one attached hydrogen (secondary N) is 1. The number of esters is 1. The van der Waals surface area contributed by atoms with E-state index in [1.165, 1.54) is 24.3 Å². The van der Waals surface area contributed by atoms with Crippen molar-refractivity contribution in [2.45, 2.75) is 6.54 Å². The van der Waals surface area contributed by atoms with E-state index in [4.69, 9.17) is 14.6 Å². The lowest BCUT2D eigenvalue weighted by atomic mass is 10.2. The van der Waals surface area contributed by atoms with Crippen LogP contribution in [0.15, 0.2) is 48.5 Å². The van der Waals surface area contributed by atoms with Crippen molar-refractivity contribution in [3.63, 3.8) is 0 Å². The minimum atomic E-state index is -0.624. The Morgan fingerprint density at radius 1 is 1.13 bits per heavy atom. The first-order chi connectivity index (χ1) is 11.1. The second-order valence-electron chi connectivity index (χ2n) is 4.75. The molecular formula is C17H17NO5. The Labute approximate surface area is 133 Å². The quantitative estimate of drug-likeness (QED) is 0.795. The predicted octanol–water partition coefficient (Wildman–Crippen LogP) is 1.87. The highest BCUT2D eigenvalue weighted by Crippen LogP contribution is 2.12. The third-order valence-corrected chi connectivity index (χ3v) is 3.06. The zero-order valence-electron chi connectivity index (χ0n) is 12.6. The first kappa shape index (κ1) is 16.4. The molecule has 6 heteroatoms. The molecule has 0 spiro atoms. The molecule has 0 aliphatic carbocycles. The molecule has 0 radical (unpaired) electrons. The largest absolute Gasteiger partial charge is 0.508 e. The van der Waals surface area contributed by atoms with E-state index in [9.17, 15) is 9.59 Å². The molecule has 2 N–H and O–H groups in total. The van der Waals surface area contributed by atoms with E-state index >= 15 is 0 Å². The van der Waals surface area contributed by atoms with Gasteiger partial charge in [0, 0.05) is 6.54 Å². The Balaban J connectivity index is 1.78. The molecule has 6 nitrogen and oxygen atoms in total. The van der Waals surface area contributed by atoms with Gasteiger partial charge in [-0.25, -0.2) is 4.79 Å². The minimum Gasteiger partial charge on any atom is -0.508 e. The maximum atomic E-state index is 11.7. The predicted molar refractivity (Wildman–Crippen MR) is 83.2 cm³/mol. The summed E-state index contributed by atoms with van der Waals surface area (Å²) in [6.45, 7) is -0.0591. The SMILES string of the molecule is COc1cccc(CNC(=O)COC(=O)c2ccc(O)cc2)c1. The highest BCUT2D eigenvalue weighted by atomic mass is 16.5. The number of phenolic OH excluding ortho intramolecular Hbond substituents is 1. The number of carbonyl (C=O) groups is 2.